The van der Waals surface area contributed by atoms with Gasteiger partial charge in [-0.3, -0.25) is 9.79 Å². The van der Waals surface area contributed by atoms with E-state index in [0.717, 1.165) is 12.8 Å². The monoisotopic (exact) mass is 448 g/mol. The van der Waals surface area contributed by atoms with Crippen LogP contribution in [0.2, 0.25) is 5.02 Å². The normalized spacial score (nSPS) is 14.4. The highest BCUT2D eigenvalue weighted by molar-refractivity contribution is 6.35. The zero-order valence-corrected chi connectivity index (χ0v) is 18.1. The number of nitriles is 1. The van der Waals surface area contributed by atoms with Crippen molar-refractivity contribution in [1.82, 2.24) is 10.2 Å². The van der Waals surface area contributed by atoms with Gasteiger partial charge in [0.05, 0.1) is 22.9 Å². The molecule has 1 aliphatic carbocycles. The van der Waals surface area contributed by atoms with Gasteiger partial charge in [-0.05, 0) is 36.6 Å². The van der Waals surface area contributed by atoms with Gasteiger partial charge < -0.3 is 16.2 Å². The zero-order valence-electron chi connectivity index (χ0n) is 17.4. The van der Waals surface area contributed by atoms with Gasteiger partial charge in [-0.15, -0.1) is 0 Å². The Labute approximate surface area is 189 Å². The number of rotatable bonds is 6. The highest BCUT2D eigenvalue weighted by atomic mass is 35.5. The van der Waals surface area contributed by atoms with Gasteiger partial charge in [-0.1, -0.05) is 17.7 Å². The average Bonchev–Trinajstić information content (AvgIpc) is 3.61. The van der Waals surface area contributed by atoms with Crippen LogP contribution in [0, 0.1) is 11.3 Å². The summed E-state index contributed by atoms with van der Waals surface area (Å²) < 4.78 is 5.91. The molecular weight excluding hydrogens is 428 g/mol. The number of aromatic amines is 1. The lowest BCUT2D eigenvalue weighted by atomic mass is 9.92. The van der Waals surface area contributed by atoms with Crippen LogP contribution >= 0.6 is 11.6 Å². The fourth-order valence-corrected chi connectivity index (χ4v) is 3.79. The second kappa shape index (κ2) is 8.83. The Hall–Kier alpha value is -3.67. The maximum Gasteiger partial charge on any atom is 0.272 e. The van der Waals surface area contributed by atoms with Gasteiger partial charge in [0, 0.05) is 47.4 Å². The van der Waals surface area contributed by atoms with Crippen molar-refractivity contribution in [1.29, 1.82) is 5.26 Å². The summed E-state index contributed by atoms with van der Waals surface area (Å²) in [6.07, 6.45) is 3.41. The van der Waals surface area contributed by atoms with Crippen LogP contribution in [0.25, 0.3) is 16.3 Å². The van der Waals surface area contributed by atoms with Gasteiger partial charge in [-0.2, -0.15) is 10.4 Å². The highest BCUT2D eigenvalue weighted by Crippen LogP contribution is 2.35. The summed E-state index contributed by atoms with van der Waals surface area (Å²) in [5.74, 6) is 0.426. The number of hydrogen-bond donors (Lipinski definition) is 3. The predicted octanol–water partition coefficient (Wildman–Crippen LogP) is 2.87. The molecule has 0 unspecified atom stereocenters. The molecule has 0 saturated heterocycles. The summed E-state index contributed by atoms with van der Waals surface area (Å²) >= 11 is 6.36. The second-order valence-electron chi connectivity index (χ2n) is 7.37. The van der Waals surface area contributed by atoms with Crippen LogP contribution in [0.5, 0.6) is 5.75 Å². The van der Waals surface area contributed by atoms with Crippen molar-refractivity contribution in [2.45, 2.75) is 25.5 Å². The number of benzene rings is 2. The van der Waals surface area contributed by atoms with Crippen LogP contribution < -0.4 is 21.8 Å². The number of aliphatic imine (C=N–C) groups is 1. The summed E-state index contributed by atoms with van der Waals surface area (Å²) in [6, 6.07) is 10.8. The predicted molar refractivity (Wildman–Crippen MR) is 125 cm³/mol. The molecule has 5 N–H and O–H groups in total. The Bertz CT molecular complexity index is 1370. The van der Waals surface area contributed by atoms with E-state index < -0.39 is 0 Å². The second-order valence-corrected chi connectivity index (χ2v) is 7.81. The molecule has 8 nitrogen and oxygen atoms in total. The van der Waals surface area contributed by atoms with E-state index in [4.69, 9.17) is 27.8 Å². The van der Waals surface area contributed by atoms with Crippen LogP contribution in [-0.4, -0.2) is 29.1 Å². The maximum absolute atomic E-state index is 12.2. The van der Waals surface area contributed by atoms with E-state index in [2.05, 4.69) is 21.3 Å². The molecule has 0 spiro atoms. The molecule has 0 aliphatic heterocycles. The third kappa shape index (κ3) is 3.96. The molecule has 1 heterocycles. The molecule has 0 amide bonds. The van der Waals surface area contributed by atoms with Crippen molar-refractivity contribution >= 4 is 33.7 Å². The first-order chi connectivity index (χ1) is 15.5. The number of H-pyrrole nitrogens is 1. The molecular formula is C23H21ClN6O2. The molecule has 9 heteroatoms. The van der Waals surface area contributed by atoms with Gasteiger partial charge in [0.2, 0.25) is 0 Å². The standard InChI is InChI=1S/C23H21ClN6O2/c1-28-22(17-7-13(24)8-21(19(17)10-26)32-14-3-4-14)18(9-25)12-2-5-15-16(6-12)20(11-27)29-30-23(15)31/h2,5-9,14H,3-4,11,25,27H2,1H3,(H,30,31)/b18-9-,28-22?. The van der Waals surface area contributed by atoms with Crippen molar-refractivity contribution in [3.8, 4) is 11.8 Å². The van der Waals surface area contributed by atoms with Crippen LogP contribution in [0.1, 0.15) is 35.2 Å². The number of nitrogens with one attached hydrogen (secondary N) is 1. The van der Waals surface area contributed by atoms with Gasteiger partial charge in [0.25, 0.3) is 5.56 Å². The first kappa shape index (κ1) is 21.6. The Balaban J connectivity index is 1.87. The molecule has 0 atom stereocenters. The van der Waals surface area contributed by atoms with E-state index in [0.29, 0.717) is 55.2 Å². The summed E-state index contributed by atoms with van der Waals surface area (Å²) in [7, 11) is 1.61. The molecule has 1 aromatic heterocycles. The third-order valence-electron chi connectivity index (χ3n) is 5.27. The fraction of sp³-hybridized carbons (Fsp3) is 0.217. The molecule has 1 saturated carbocycles. The Morgan fingerprint density at radius 3 is 2.78 bits per heavy atom. The topological polar surface area (TPSA) is 143 Å². The molecule has 2 aromatic carbocycles. The van der Waals surface area contributed by atoms with Crippen molar-refractivity contribution in [3.05, 3.63) is 74.3 Å². The summed E-state index contributed by atoms with van der Waals surface area (Å²) in [5, 5.41) is 17.9. The SMILES string of the molecule is CN=C(/C(=C\N)c1ccc2c(=O)[nH]nc(CN)c2c1)c1cc(Cl)cc(OC2CC2)c1C#N. The minimum absolute atomic E-state index is 0.0979. The fourth-order valence-electron chi connectivity index (χ4n) is 3.58. The molecule has 1 aliphatic rings. The number of aromatic nitrogens is 2. The molecule has 1 fully saturated rings. The minimum atomic E-state index is -0.310. The number of halogens is 1. The van der Waals surface area contributed by atoms with E-state index in [-0.39, 0.29) is 18.2 Å². The van der Waals surface area contributed by atoms with Crippen LogP contribution in [-0.2, 0) is 6.54 Å². The lowest BCUT2D eigenvalue weighted by Gasteiger charge is -2.16. The third-order valence-corrected chi connectivity index (χ3v) is 5.49. The quantitative estimate of drug-likeness (QED) is 0.494. The number of nitrogens with zero attached hydrogens (tertiary/aromatic N) is 3. The number of hydrogen-bond acceptors (Lipinski definition) is 7. The Kier molecular flexibility index (Phi) is 5.95. The molecule has 3 aromatic rings. The maximum atomic E-state index is 12.2. The van der Waals surface area contributed by atoms with Crippen molar-refractivity contribution in [3.63, 3.8) is 0 Å². The molecule has 0 bridgehead atoms. The minimum Gasteiger partial charge on any atom is -0.489 e. The van der Waals surface area contributed by atoms with E-state index >= 15 is 0 Å². The van der Waals surface area contributed by atoms with Crippen molar-refractivity contribution < 1.29 is 4.74 Å². The summed E-state index contributed by atoms with van der Waals surface area (Å²) in [5.41, 5.74) is 14.6. The number of allylic oxidation sites excluding steroid dienone is 1. The van der Waals surface area contributed by atoms with Crippen molar-refractivity contribution in [2.24, 2.45) is 16.5 Å². The van der Waals surface area contributed by atoms with Gasteiger partial charge >= 0.3 is 0 Å². The molecule has 0 radical (unpaired) electrons. The van der Waals surface area contributed by atoms with E-state index in [1.165, 1.54) is 6.20 Å². The zero-order chi connectivity index (χ0) is 22.8. The first-order valence-corrected chi connectivity index (χ1v) is 10.4. The summed E-state index contributed by atoms with van der Waals surface area (Å²) in [6.45, 7) is 0.155. The molecule has 4 rings (SSSR count). The van der Waals surface area contributed by atoms with Gasteiger partial charge in [0.1, 0.15) is 17.4 Å². The highest BCUT2D eigenvalue weighted by Gasteiger charge is 2.27. The molecule has 32 heavy (non-hydrogen) atoms. The first-order valence-electron chi connectivity index (χ1n) is 10.0. The Morgan fingerprint density at radius 2 is 2.16 bits per heavy atom. The van der Waals surface area contributed by atoms with Crippen LogP contribution in [0.3, 0.4) is 0 Å². The van der Waals surface area contributed by atoms with Gasteiger partial charge in [-0.25, -0.2) is 5.10 Å². The van der Waals surface area contributed by atoms with Gasteiger partial charge in [0.15, 0.2) is 0 Å². The summed E-state index contributed by atoms with van der Waals surface area (Å²) in [4.78, 5) is 16.6. The Morgan fingerprint density at radius 1 is 1.38 bits per heavy atom. The molecule has 162 valence electrons. The number of nitrogens with two attached hydrogens (primary N) is 2. The lowest BCUT2D eigenvalue weighted by Crippen LogP contribution is -2.14. The van der Waals surface area contributed by atoms with Crippen molar-refractivity contribution in [2.75, 3.05) is 7.05 Å². The number of ether oxygens (including phenoxy) is 1. The van der Waals surface area contributed by atoms with E-state index in [1.807, 2.05) is 0 Å². The smallest absolute Gasteiger partial charge is 0.272 e. The largest absolute Gasteiger partial charge is 0.489 e. The average molecular weight is 449 g/mol. The van der Waals surface area contributed by atoms with E-state index in [9.17, 15) is 10.1 Å². The van der Waals surface area contributed by atoms with Crippen LogP contribution in [0.4, 0.5) is 0 Å². The van der Waals surface area contributed by atoms with Crippen LogP contribution in [0.15, 0.2) is 46.3 Å². The number of fused-ring (bicyclic) bond motifs is 1. The van der Waals surface area contributed by atoms with E-state index in [1.54, 1.807) is 37.4 Å². The lowest BCUT2D eigenvalue weighted by molar-refractivity contribution is 0.302.